The van der Waals surface area contributed by atoms with Crippen LogP contribution in [0.5, 0.6) is 0 Å². The molecule has 23 heavy (non-hydrogen) atoms. The van der Waals surface area contributed by atoms with Gasteiger partial charge in [-0.1, -0.05) is 0 Å². The van der Waals surface area contributed by atoms with Crippen LogP contribution in [0.15, 0.2) is 28.3 Å². The number of halogens is 1. The number of nitrogens with zero attached hydrogens (tertiary/aromatic N) is 4. The fourth-order valence-corrected chi connectivity index (χ4v) is 3.52. The van der Waals surface area contributed by atoms with Gasteiger partial charge < -0.3 is 5.32 Å². The molecule has 3 aromatic rings. The van der Waals surface area contributed by atoms with E-state index in [0.717, 1.165) is 21.7 Å². The lowest BCUT2D eigenvalue weighted by molar-refractivity contribution is 0.103. The van der Waals surface area contributed by atoms with Crippen molar-refractivity contribution in [2.45, 2.75) is 20.8 Å². The molecule has 8 heteroatoms. The number of nitrogens with one attached hydrogen (secondary N) is 1. The average molecular weight is 392 g/mol. The van der Waals surface area contributed by atoms with Crippen molar-refractivity contribution in [2.24, 2.45) is 0 Å². The second-order valence-electron chi connectivity index (χ2n) is 5.02. The van der Waals surface area contributed by atoms with E-state index in [0.29, 0.717) is 16.5 Å². The molecule has 1 N–H and O–H groups in total. The summed E-state index contributed by atoms with van der Waals surface area (Å²) in [6, 6.07) is 1.77. The van der Waals surface area contributed by atoms with Gasteiger partial charge in [0.15, 0.2) is 0 Å². The summed E-state index contributed by atoms with van der Waals surface area (Å²) in [4.78, 5) is 25.8. The maximum absolute atomic E-state index is 12.1. The molecule has 0 aliphatic carbocycles. The molecule has 0 aromatic carbocycles. The average Bonchev–Trinajstić information content (AvgIpc) is 3.05. The van der Waals surface area contributed by atoms with Crippen LogP contribution in [0.25, 0.3) is 5.95 Å². The smallest absolute Gasteiger partial charge is 0.265 e. The van der Waals surface area contributed by atoms with Gasteiger partial charge in [0, 0.05) is 15.5 Å². The first kappa shape index (κ1) is 15.8. The fourth-order valence-electron chi connectivity index (χ4n) is 2.20. The lowest BCUT2D eigenvalue weighted by Crippen LogP contribution is -2.12. The number of thiophene rings is 1. The molecule has 0 fully saturated rings. The van der Waals surface area contributed by atoms with E-state index in [4.69, 9.17) is 0 Å². The van der Waals surface area contributed by atoms with Crippen molar-refractivity contribution in [3.8, 4) is 5.95 Å². The summed E-state index contributed by atoms with van der Waals surface area (Å²) in [5.41, 5.74) is 2.50. The van der Waals surface area contributed by atoms with Gasteiger partial charge in [0.1, 0.15) is 5.82 Å². The van der Waals surface area contributed by atoms with Gasteiger partial charge in [-0.2, -0.15) is 0 Å². The molecule has 0 bridgehead atoms. The number of carbonyl (C=O) groups is 1. The van der Waals surface area contributed by atoms with Crippen LogP contribution in [0, 0.1) is 20.8 Å². The van der Waals surface area contributed by atoms with Gasteiger partial charge in [0.2, 0.25) is 5.95 Å². The maximum atomic E-state index is 12.1. The Hall–Kier alpha value is -2.06. The van der Waals surface area contributed by atoms with Gasteiger partial charge >= 0.3 is 0 Å². The first-order valence-electron chi connectivity index (χ1n) is 6.86. The molecule has 0 atom stereocenters. The van der Waals surface area contributed by atoms with Crippen molar-refractivity contribution in [3.63, 3.8) is 0 Å². The van der Waals surface area contributed by atoms with E-state index in [1.54, 1.807) is 18.5 Å². The van der Waals surface area contributed by atoms with Gasteiger partial charge in [-0.15, -0.1) is 11.3 Å². The predicted molar refractivity (Wildman–Crippen MR) is 93.3 cm³/mol. The summed E-state index contributed by atoms with van der Waals surface area (Å²) < 4.78 is 2.78. The highest BCUT2D eigenvalue weighted by molar-refractivity contribution is 9.10. The lowest BCUT2D eigenvalue weighted by atomic mass is 10.4. The van der Waals surface area contributed by atoms with Gasteiger partial charge in [-0.05, 0) is 42.8 Å². The third-order valence-electron chi connectivity index (χ3n) is 3.40. The zero-order chi connectivity index (χ0) is 16.6. The van der Waals surface area contributed by atoms with Crippen LogP contribution in [0.3, 0.4) is 0 Å². The van der Waals surface area contributed by atoms with E-state index >= 15 is 0 Å². The molecule has 3 aromatic heterocycles. The molecule has 3 heterocycles. The molecular weight excluding hydrogens is 378 g/mol. The van der Waals surface area contributed by atoms with Gasteiger partial charge in [-0.3, -0.25) is 9.36 Å². The number of aryl methyl sites for hydroxylation is 2. The van der Waals surface area contributed by atoms with Crippen molar-refractivity contribution in [1.82, 2.24) is 19.5 Å². The molecular formula is C15H14BrN5OS. The molecule has 0 aliphatic rings. The summed E-state index contributed by atoms with van der Waals surface area (Å²) in [7, 11) is 0. The molecule has 0 saturated carbocycles. The molecule has 0 radical (unpaired) electrons. The molecule has 0 saturated heterocycles. The number of hydrogen-bond acceptors (Lipinski definition) is 5. The van der Waals surface area contributed by atoms with Crippen molar-refractivity contribution < 1.29 is 4.79 Å². The van der Waals surface area contributed by atoms with Crippen LogP contribution < -0.4 is 5.32 Å². The Bertz CT molecular complexity index is 869. The van der Waals surface area contributed by atoms with Crippen LogP contribution in [0.4, 0.5) is 5.69 Å². The number of amides is 1. The SMILES string of the molecule is Cc1nc(C)n(-c2ncc(NC(=O)c3cc(Br)cs3)cn2)c1C. The number of hydrogen-bond donors (Lipinski definition) is 1. The van der Waals surface area contributed by atoms with Crippen molar-refractivity contribution in [2.75, 3.05) is 5.32 Å². The molecule has 118 valence electrons. The minimum atomic E-state index is -0.178. The Morgan fingerprint density at radius 1 is 1.26 bits per heavy atom. The van der Waals surface area contributed by atoms with E-state index in [2.05, 4.69) is 36.2 Å². The fraction of sp³-hybridized carbons (Fsp3) is 0.200. The molecule has 0 aliphatic heterocycles. The van der Waals surface area contributed by atoms with Crippen LogP contribution in [-0.4, -0.2) is 25.4 Å². The number of anilines is 1. The summed E-state index contributed by atoms with van der Waals surface area (Å²) in [5, 5.41) is 4.65. The predicted octanol–water partition coefficient (Wildman–Crippen LogP) is 3.66. The van der Waals surface area contributed by atoms with E-state index in [9.17, 15) is 4.79 Å². The molecule has 1 amide bonds. The van der Waals surface area contributed by atoms with Crippen LogP contribution in [0.1, 0.15) is 26.9 Å². The zero-order valence-corrected chi connectivity index (χ0v) is 15.2. The summed E-state index contributed by atoms with van der Waals surface area (Å²) in [5.74, 6) is 1.19. The first-order chi connectivity index (χ1) is 11.0. The highest BCUT2D eigenvalue weighted by Gasteiger charge is 2.13. The summed E-state index contributed by atoms with van der Waals surface area (Å²) in [6.45, 7) is 5.84. The summed E-state index contributed by atoms with van der Waals surface area (Å²) in [6.07, 6.45) is 3.19. The molecule has 0 spiro atoms. The Morgan fingerprint density at radius 3 is 2.48 bits per heavy atom. The van der Waals surface area contributed by atoms with E-state index in [-0.39, 0.29) is 5.91 Å². The van der Waals surface area contributed by atoms with Crippen molar-refractivity contribution in [1.29, 1.82) is 0 Å². The second kappa shape index (κ2) is 6.21. The Kier molecular flexibility index (Phi) is 4.27. The molecule has 0 unspecified atom stereocenters. The standard InChI is InChI=1S/C15H14BrN5OS/c1-8-9(2)21(10(3)19-8)15-17-5-12(6-18-15)20-14(22)13-4-11(16)7-23-13/h4-7H,1-3H3,(H,20,22). The minimum absolute atomic E-state index is 0.178. The Morgan fingerprint density at radius 2 is 1.96 bits per heavy atom. The van der Waals surface area contributed by atoms with Crippen LogP contribution >= 0.6 is 27.3 Å². The largest absolute Gasteiger partial charge is 0.319 e. The number of carbonyl (C=O) groups excluding carboxylic acids is 1. The second-order valence-corrected chi connectivity index (χ2v) is 6.85. The third-order valence-corrected chi connectivity index (χ3v) is 5.09. The van der Waals surface area contributed by atoms with E-state index in [1.165, 1.54) is 11.3 Å². The van der Waals surface area contributed by atoms with E-state index < -0.39 is 0 Å². The third kappa shape index (κ3) is 3.18. The number of aromatic nitrogens is 4. The number of imidazole rings is 1. The van der Waals surface area contributed by atoms with E-state index in [1.807, 2.05) is 30.7 Å². The monoisotopic (exact) mass is 391 g/mol. The number of rotatable bonds is 3. The normalized spacial score (nSPS) is 10.8. The molecule has 6 nitrogen and oxygen atoms in total. The molecule has 3 rings (SSSR count). The van der Waals surface area contributed by atoms with Gasteiger partial charge in [-0.25, -0.2) is 15.0 Å². The first-order valence-corrected chi connectivity index (χ1v) is 8.53. The Labute approximate surface area is 145 Å². The maximum Gasteiger partial charge on any atom is 0.265 e. The van der Waals surface area contributed by atoms with Crippen LogP contribution in [0.2, 0.25) is 0 Å². The quantitative estimate of drug-likeness (QED) is 0.738. The summed E-state index contributed by atoms with van der Waals surface area (Å²) >= 11 is 4.71. The highest BCUT2D eigenvalue weighted by atomic mass is 79.9. The zero-order valence-electron chi connectivity index (χ0n) is 12.8. The van der Waals surface area contributed by atoms with Crippen molar-refractivity contribution in [3.05, 3.63) is 50.4 Å². The highest BCUT2D eigenvalue weighted by Crippen LogP contribution is 2.21. The minimum Gasteiger partial charge on any atom is -0.319 e. The topological polar surface area (TPSA) is 72.7 Å². The lowest BCUT2D eigenvalue weighted by Gasteiger charge is -2.07. The Balaban J connectivity index is 1.81. The van der Waals surface area contributed by atoms with Crippen molar-refractivity contribution >= 4 is 38.9 Å². The van der Waals surface area contributed by atoms with Gasteiger partial charge in [0.05, 0.1) is 28.7 Å². The van der Waals surface area contributed by atoms with Gasteiger partial charge in [0.25, 0.3) is 5.91 Å². The van der Waals surface area contributed by atoms with Crippen LogP contribution in [-0.2, 0) is 0 Å².